The van der Waals surface area contributed by atoms with Crippen molar-refractivity contribution < 1.29 is 4.79 Å². The molecule has 1 aromatic heterocycles. The Morgan fingerprint density at radius 1 is 1.00 bits per heavy atom. The maximum absolute atomic E-state index is 12.0. The van der Waals surface area contributed by atoms with Gasteiger partial charge in [-0.3, -0.25) is 4.79 Å². The first-order valence-corrected chi connectivity index (χ1v) is 8.15. The molecular weight excluding hydrogens is 256 g/mol. The topological polar surface area (TPSA) is 32.7 Å². The highest BCUT2D eigenvalue weighted by Gasteiger charge is 2.30. The number of hydrogen-bond donors (Lipinski definition) is 0. The van der Waals surface area contributed by atoms with Crippen molar-refractivity contribution in [2.45, 2.75) is 51.5 Å². The van der Waals surface area contributed by atoms with Gasteiger partial charge in [0.1, 0.15) is 10.8 Å². The van der Waals surface area contributed by atoms with E-state index in [0.29, 0.717) is 5.78 Å². The summed E-state index contributed by atoms with van der Waals surface area (Å²) in [5.41, 5.74) is 2.68. The fourth-order valence-corrected chi connectivity index (χ4v) is 4.64. The summed E-state index contributed by atoms with van der Waals surface area (Å²) in [5, 5.41) is 1.13. The molecule has 2 aliphatic heterocycles. The molecule has 1 aliphatic carbocycles. The van der Waals surface area contributed by atoms with Gasteiger partial charge in [0, 0.05) is 31.5 Å². The van der Waals surface area contributed by atoms with Crippen molar-refractivity contribution in [1.29, 1.82) is 0 Å². The van der Waals surface area contributed by atoms with E-state index < -0.39 is 0 Å². The molecule has 0 unspecified atom stereocenters. The second kappa shape index (κ2) is 4.44. The molecule has 3 aliphatic rings. The lowest BCUT2D eigenvalue weighted by molar-refractivity contribution is 0.0976. The zero-order chi connectivity index (χ0) is 12.8. The minimum Gasteiger partial charge on any atom is -0.356 e. The molecule has 0 atom stereocenters. The van der Waals surface area contributed by atoms with E-state index >= 15 is 0 Å². The van der Waals surface area contributed by atoms with Crippen LogP contribution in [0.4, 0.5) is 5.00 Å². The average molecular weight is 274 g/mol. The smallest absolute Gasteiger partial charge is 0.173 e. The van der Waals surface area contributed by atoms with E-state index in [-0.39, 0.29) is 0 Å². The van der Waals surface area contributed by atoms with Crippen LogP contribution in [-0.4, -0.2) is 23.1 Å². The van der Waals surface area contributed by atoms with Crippen LogP contribution in [0.3, 0.4) is 0 Å². The molecule has 0 bridgehead atoms. The average Bonchev–Trinajstić information content (AvgIpc) is 2.62. The highest BCUT2D eigenvalue weighted by Crippen LogP contribution is 2.43. The minimum atomic E-state index is 0.344. The van der Waals surface area contributed by atoms with E-state index in [1.807, 2.05) is 0 Å². The van der Waals surface area contributed by atoms with Gasteiger partial charge in [-0.1, -0.05) is 6.42 Å². The van der Waals surface area contributed by atoms with Crippen molar-refractivity contribution in [2.24, 2.45) is 4.99 Å². The summed E-state index contributed by atoms with van der Waals surface area (Å²) in [6, 6.07) is 0. The largest absolute Gasteiger partial charge is 0.356 e. The summed E-state index contributed by atoms with van der Waals surface area (Å²) in [4.78, 5) is 20.4. The van der Waals surface area contributed by atoms with Crippen molar-refractivity contribution in [3.8, 4) is 0 Å². The summed E-state index contributed by atoms with van der Waals surface area (Å²) in [7, 11) is 0. The van der Waals surface area contributed by atoms with Gasteiger partial charge in [0.25, 0.3) is 0 Å². The Balaban J connectivity index is 1.79. The number of amidine groups is 1. The van der Waals surface area contributed by atoms with Gasteiger partial charge in [-0.2, -0.15) is 0 Å². The number of thiophene rings is 1. The monoisotopic (exact) mass is 274 g/mol. The molecule has 1 aromatic rings. The third-order valence-electron chi connectivity index (χ3n) is 4.45. The predicted molar refractivity (Wildman–Crippen MR) is 77.6 cm³/mol. The van der Waals surface area contributed by atoms with Crippen LogP contribution < -0.4 is 0 Å². The summed E-state index contributed by atoms with van der Waals surface area (Å²) >= 11 is 1.64. The normalized spacial score (nSPS) is 22.2. The third-order valence-corrected chi connectivity index (χ3v) is 5.66. The van der Waals surface area contributed by atoms with E-state index in [9.17, 15) is 4.79 Å². The maximum atomic E-state index is 12.0. The van der Waals surface area contributed by atoms with Crippen LogP contribution in [0.5, 0.6) is 0 Å². The number of carbonyl (C=O) groups is 1. The number of rotatable bonds is 0. The van der Waals surface area contributed by atoms with Crippen LogP contribution in [0, 0.1) is 0 Å². The van der Waals surface area contributed by atoms with Crippen LogP contribution in [-0.2, 0) is 13.0 Å². The molecule has 1 saturated heterocycles. The lowest BCUT2D eigenvalue weighted by Gasteiger charge is -2.28. The van der Waals surface area contributed by atoms with E-state index in [2.05, 4.69) is 4.90 Å². The number of nitrogens with zero attached hydrogens (tertiary/aromatic N) is 2. The maximum Gasteiger partial charge on any atom is 0.173 e. The molecule has 0 aromatic carbocycles. The van der Waals surface area contributed by atoms with Crippen molar-refractivity contribution in [3.63, 3.8) is 0 Å². The van der Waals surface area contributed by atoms with Crippen LogP contribution in [0.25, 0.3) is 0 Å². The second-order valence-electron chi connectivity index (χ2n) is 5.73. The molecule has 1 fully saturated rings. The Hall–Kier alpha value is -1.16. The first-order chi connectivity index (χ1) is 9.33. The lowest BCUT2D eigenvalue weighted by Crippen LogP contribution is -2.32. The van der Waals surface area contributed by atoms with Crippen LogP contribution >= 0.6 is 11.3 Å². The molecule has 3 nitrogen and oxygen atoms in total. The summed E-state index contributed by atoms with van der Waals surface area (Å²) < 4.78 is 0. The quantitative estimate of drug-likeness (QED) is 0.723. The standard InChI is InChI=1S/C15H18N2OS/c18-12-6-4-5-10-11-9-17-8-3-1-2-7-13(17)16-15(11)19-14(10)12/h1-9H2. The van der Waals surface area contributed by atoms with E-state index in [4.69, 9.17) is 4.99 Å². The van der Waals surface area contributed by atoms with Crippen molar-refractivity contribution in [1.82, 2.24) is 4.90 Å². The van der Waals surface area contributed by atoms with Gasteiger partial charge in [0.05, 0.1) is 4.88 Å². The molecule has 0 spiro atoms. The molecule has 4 heteroatoms. The van der Waals surface area contributed by atoms with E-state index in [1.54, 1.807) is 11.3 Å². The molecular formula is C15H18N2OS. The van der Waals surface area contributed by atoms with Gasteiger partial charge in [0.2, 0.25) is 0 Å². The molecule has 0 N–H and O–H groups in total. The number of ketones is 1. The zero-order valence-corrected chi connectivity index (χ0v) is 11.9. The Morgan fingerprint density at radius 2 is 1.95 bits per heavy atom. The Morgan fingerprint density at radius 3 is 2.89 bits per heavy atom. The molecule has 0 saturated carbocycles. The SMILES string of the molecule is O=C1CCCc2c1sc1c2CN2CCCCCC2=N1. The number of hydrogen-bond acceptors (Lipinski definition) is 4. The van der Waals surface area contributed by atoms with Gasteiger partial charge in [-0.15, -0.1) is 11.3 Å². The number of Topliss-reactive ketones (excluding diaryl/α,β-unsaturated/α-hetero) is 1. The van der Waals surface area contributed by atoms with Gasteiger partial charge in [0.15, 0.2) is 5.78 Å². The van der Waals surface area contributed by atoms with Gasteiger partial charge >= 0.3 is 0 Å². The number of aliphatic imine (C=N–C) groups is 1. The molecule has 4 rings (SSSR count). The molecule has 0 amide bonds. The predicted octanol–water partition coefficient (Wildman–Crippen LogP) is 3.69. The van der Waals surface area contributed by atoms with Crippen LogP contribution in [0.1, 0.15) is 59.3 Å². The van der Waals surface area contributed by atoms with E-state index in [1.165, 1.54) is 36.2 Å². The Kier molecular flexibility index (Phi) is 2.72. The molecule has 19 heavy (non-hydrogen) atoms. The summed E-state index contributed by atoms with van der Waals surface area (Å²) in [6.45, 7) is 2.13. The fraction of sp³-hybridized carbons (Fsp3) is 0.600. The molecule has 100 valence electrons. The summed E-state index contributed by atoms with van der Waals surface area (Å²) in [5.74, 6) is 1.60. The first-order valence-electron chi connectivity index (χ1n) is 7.33. The van der Waals surface area contributed by atoms with Crippen LogP contribution in [0.2, 0.25) is 0 Å². The fourth-order valence-electron chi connectivity index (χ4n) is 3.42. The minimum absolute atomic E-state index is 0.344. The van der Waals surface area contributed by atoms with Gasteiger partial charge < -0.3 is 4.90 Å². The Bertz CT molecular complexity index is 573. The van der Waals surface area contributed by atoms with Crippen molar-refractivity contribution >= 4 is 28.0 Å². The summed E-state index contributed by atoms with van der Waals surface area (Å²) in [6.07, 6.45) is 7.79. The second-order valence-corrected chi connectivity index (χ2v) is 6.73. The van der Waals surface area contributed by atoms with E-state index in [0.717, 1.165) is 48.7 Å². The number of fused-ring (bicyclic) bond motifs is 4. The Labute approximate surface area is 117 Å². The molecule has 0 radical (unpaired) electrons. The van der Waals surface area contributed by atoms with Gasteiger partial charge in [-0.25, -0.2) is 4.99 Å². The van der Waals surface area contributed by atoms with Crippen molar-refractivity contribution in [2.75, 3.05) is 6.54 Å². The van der Waals surface area contributed by atoms with Crippen molar-refractivity contribution in [3.05, 3.63) is 16.0 Å². The highest BCUT2D eigenvalue weighted by molar-refractivity contribution is 7.18. The van der Waals surface area contributed by atoms with Gasteiger partial charge in [-0.05, 0) is 31.2 Å². The lowest BCUT2D eigenvalue weighted by atomic mass is 9.94. The first kappa shape index (κ1) is 11.6. The molecule has 3 heterocycles. The van der Waals surface area contributed by atoms with Crippen LogP contribution in [0.15, 0.2) is 4.99 Å². The third kappa shape index (κ3) is 1.84. The highest BCUT2D eigenvalue weighted by atomic mass is 32.1. The zero-order valence-electron chi connectivity index (χ0n) is 11.1. The number of carbonyl (C=O) groups excluding carboxylic acids is 1.